The van der Waals surface area contributed by atoms with Crippen LogP contribution in [0.1, 0.15) is 31.4 Å². The number of imidazole rings is 1. The number of nitrogens with one attached hydrogen (secondary N) is 4. The number of hydrogen-bond acceptors (Lipinski definition) is 8. The molecule has 0 radical (unpaired) electrons. The Morgan fingerprint density at radius 3 is 2.31 bits per heavy atom. The van der Waals surface area contributed by atoms with Crippen LogP contribution in [0.3, 0.4) is 0 Å². The molecule has 0 fully saturated rings. The second kappa shape index (κ2) is 13.7. The van der Waals surface area contributed by atoms with Crippen LogP contribution in [-0.2, 0) is 30.4 Å². The molecule has 0 spiro atoms. The summed E-state index contributed by atoms with van der Waals surface area (Å²) in [7, 11) is 0. The maximum Gasteiger partial charge on any atom is 0.322 e. The second-order valence-electron chi connectivity index (χ2n) is 7.08. The molecular weight excluding hydrogens is 424 g/mol. The first kappa shape index (κ1) is 26.5. The Morgan fingerprint density at radius 2 is 1.75 bits per heavy atom. The average Bonchev–Trinajstić information content (AvgIpc) is 3.23. The van der Waals surface area contributed by atoms with E-state index < -0.39 is 60.7 Å². The minimum absolute atomic E-state index is 0.158. The number of carbonyl (C=O) groups is 5. The molecule has 11 N–H and O–H groups in total. The highest BCUT2D eigenvalue weighted by Crippen LogP contribution is 2.05. The van der Waals surface area contributed by atoms with Gasteiger partial charge in [0.05, 0.1) is 18.8 Å². The van der Waals surface area contributed by atoms with Gasteiger partial charge in [0, 0.05) is 18.3 Å². The summed E-state index contributed by atoms with van der Waals surface area (Å²) in [5.74, 6) is -4.44. The van der Waals surface area contributed by atoms with Crippen LogP contribution in [0.15, 0.2) is 12.5 Å². The first-order valence-electron chi connectivity index (χ1n) is 9.95. The fraction of sp³-hybridized carbons (Fsp3) is 0.556. The summed E-state index contributed by atoms with van der Waals surface area (Å²) < 4.78 is 0. The number of carboxylic acids is 1. The highest BCUT2D eigenvalue weighted by molar-refractivity contribution is 5.95. The average molecular weight is 454 g/mol. The SMILES string of the molecule is NCCCCC(NC(=O)C(N)Cc1cnc[nH]1)C(=O)NC(CC(N)=O)C(=O)NCC(=O)O. The Kier molecular flexibility index (Phi) is 11.4. The Morgan fingerprint density at radius 1 is 1.06 bits per heavy atom. The second-order valence-corrected chi connectivity index (χ2v) is 7.08. The number of aliphatic carboxylic acids is 1. The fourth-order valence-electron chi connectivity index (χ4n) is 2.74. The van der Waals surface area contributed by atoms with Gasteiger partial charge in [0.25, 0.3) is 0 Å². The minimum atomic E-state index is -1.41. The number of primary amides is 1. The monoisotopic (exact) mass is 454 g/mol. The third kappa shape index (κ3) is 9.99. The lowest BCUT2D eigenvalue weighted by Gasteiger charge is -2.23. The molecular formula is C18H30N8O6. The van der Waals surface area contributed by atoms with E-state index in [2.05, 4.69) is 25.9 Å². The zero-order valence-electron chi connectivity index (χ0n) is 17.5. The van der Waals surface area contributed by atoms with Gasteiger partial charge < -0.3 is 43.2 Å². The highest BCUT2D eigenvalue weighted by Gasteiger charge is 2.29. The Hall–Kier alpha value is -3.52. The number of carbonyl (C=O) groups excluding carboxylic acids is 4. The Balaban J connectivity index is 2.84. The third-order valence-electron chi connectivity index (χ3n) is 4.36. The summed E-state index contributed by atoms with van der Waals surface area (Å²) >= 11 is 0. The molecule has 1 rings (SSSR count). The number of nitrogens with two attached hydrogens (primary N) is 3. The van der Waals surface area contributed by atoms with Crippen molar-refractivity contribution in [3.63, 3.8) is 0 Å². The number of unbranched alkanes of at least 4 members (excludes halogenated alkanes) is 1. The lowest BCUT2D eigenvalue weighted by Crippen LogP contribution is -2.56. The number of amides is 4. The summed E-state index contributed by atoms with van der Waals surface area (Å²) in [5, 5.41) is 15.6. The molecule has 0 saturated carbocycles. The molecule has 14 nitrogen and oxygen atoms in total. The molecule has 1 aromatic rings. The van der Waals surface area contributed by atoms with Gasteiger partial charge in [-0.3, -0.25) is 24.0 Å². The molecule has 1 aromatic heterocycles. The van der Waals surface area contributed by atoms with Crippen molar-refractivity contribution in [1.82, 2.24) is 25.9 Å². The molecule has 14 heteroatoms. The van der Waals surface area contributed by atoms with E-state index in [0.29, 0.717) is 25.1 Å². The van der Waals surface area contributed by atoms with E-state index in [1.54, 1.807) is 0 Å². The lowest BCUT2D eigenvalue weighted by molar-refractivity contribution is -0.138. The van der Waals surface area contributed by atoms with Crippen LogP contribution in [-0.4, -0.2) is 75.9 Å². The molecule has 0 saturated heterocycles. The van der Waals surface area contributed by atoms with E-state index in [1.807, 2.05) is 0 Å². The molecule has 3 atom stereocenters. The van der Waals surface area contributed by atoms with Crippen LogP contribution in [0.2, 0.25) is 0 Å². The lowest BCUT2D eigenvalue weighted by atomic mass is 10.1. The molecule has 3 unspecified atom stereocenters. The number of hydrogen-bond donors (Lipinski definition) is 8. The van der Waals surface area contributed by atoms with E-state index in [1.165, 1.54) is 12.5 Å². The quantitative estimate of drug-likeness (QED) is 0.122. The van der Waals surface area contributed by atoms with Gasteiger partial charge in [-0.05, 0) is 25.8 Å². The number of aromatic amines is 1. The number of aromatic nitrogens is 2. The summed E-state index contributed by atoms with van der Waals surface area (Å²) in [6, 6.07) is -3.45. The predicted octanol–water partition coefficient (Wildman–Crippen LogP) is -3.55. The first-order chi connectivity index (χ1) is 15.1. The largest absolute Gasteiger partial charge is 0.480 e. The van der Waals surface area contributed by atoms with Gasteiger partial charge >= 0.3 is 5.97 Å². The van der Waals surface area contributed by atoms with Gasteiger partial charge in [-0.2, -0.15) is 0 Å². The zero-order valence-corrected chi connectivity index (χ0v) is 17.5. The molecule has 32 heavy (non-hydrogen) atoms. The van der Waals surface area contributed by atoms with Gasteiger partial charge in [0.2, 0.25) is 23.6 Å². The van der Waals surface area contributed by atoms with Gasteiger partial charge in [-0.25, -0.2) is 4.98 Å². The number of rotatable bonds is 15. The Bertz CT molecular complexity index is 784. The molecule has 1 heterocycles. The zero-order chi connectivity index (χ0) is 24.1. The molecule has 0 aliphatic rings. The number of nitrogens with zero attached hydrogens (tertiary/aromatic N) is 1. The standard InChI is InChI=1S/C18H30N8O6/c19-4-2-1-3-12(25-16(30)11(20)5-10-7-22-9-24-10)18(32)26-13(6-14(21)27)17(31)23-8-15(28)29/h7,9,11-13H,1-6,8,19-20H2,(H2,21,27)(H,22,24)(H,23,31)(H,25,30)(H,26,32)(H,28,29). The minimum Gasteiger partial charge on any atom is -0.480 e. The predicted molar refractivity (Wildman–Crippen MR) is 111 cm³/mol. The number of carboxylic acid groups (broad SMARTS) is 1. The third-order valence-corrected chi connectivity index (χ3v) is 4.36. The van der Waals surface area contributed by atoms with E-state index in [4.69, 9.17) is 22.3 Å². The van der Waals surface area contributed by atoms with Crippen LogP contribution in [0, 0.1) is 0 Å². The van der Waals surface area contributed by atoms with Crippen LogP contribution in [0.5, 0.6) is 0 Å². The normalized spacial score (nSPS) is 13.4. The summed E-state index contributed by atoms with van der Waals surface area (Å²) in [4.78, 5) is 66.1. The van der Waals surface area contributed by atoms with Gasteiger partial charge in [-0.1, -0.05) is 0 Å². The topological polar surface area (TPSA) is 248 Å². The molecule has 4 amide bonds. The summed E-state index contributed by atoms with van der Waals surface area (Å²) in [6.07, 6.45) is 3.84. The summed E-state index contributed by atoms with van der Waals surface area (Å²) in [6.45, 7) is -0.327. The highest BCUT2D eigenvalue weighted by atomic mass is 16.4. The maximum atomic E-state index is 12.8. The molecule has 0 bridgehead atoms. The van der Waals surface area contributed by atoms with Crippen LogP contribution in [0.4, 0.5) is 0 Å². The maximum absolute atomic E-state index is 12.8. The van der Waals surface area contributed by atoms with E-state index in [9.17, 15) is 24.0 Å². The van der Waals surface area contributed by atoms with Crippen molar-refractivity contribution >= 4 is 29.6 Å². The molecule has 178 valence electrons. The van der Waals surface area contributed by atoms with Crippen LogP contribution < -0.4 is 33.2 Å². The van der Waals surface area contributed by atoms with Crippen molar-refractivity contribution in [2.45, 2.75) is 50.2 Å². The van der Waals surface area contributed by atoms with Crippen molar-refractivity contribution in [2.24, 2.45) is 17.2 Å². The molecule has 0 aromatic carbocycles. The smallest absolute Gasteiger partial charge is 0.322 e. The first-order valence-corrected chi connectivity index (χ1v) is 9.95. The van der Waals surface area contributed by atoms with E-state index >= 15 is 0 Å². The van der Waals surface area contributed by atoms with E-state index in [0.717, 1.165) is 0 Å². The molecule has 0 aliphatic carbocycles. The summed E-state index contributed by atoms with van der Waals surface area (Å²) in [5.41, 5.74) is 17.1. The fourth-order valence-corrected chi connectivity index (χ4v) is 2.74. The van der Waals surface area contributed by atoms with Crippen molar-refractivity contribution in [1.29, 1.82) is 0 Å². The van der Waals surface area contributed by atoms with Gasteiger partial charge in [0.1, 0.15) is 18.6 Å². The van der Waals surface area contributed by atoms with Crippen LogP contribution in [0.25, 0.3) is 0 Å². The Labute approximate surface area is 184 Å². The van der Waals surface area contributed by atoms with Crippen molar-refractivity contribution in [2.75, 3.05) is 13.1 Å². The van der Waals surface area contributed by atoms with Crippen LogP contribution >= 0.6 is 0 Å². The molecule has 0 aliphatic heterocycles. The van der Waals surface area contributed by atoms with Crippen molar-refractivity contribution < 1.29 is 29.1 Å². The number of H-pyrrole nitrogens is 1. The van der Waals surface area contributed by atoms with Crippen molar-refractivity contribution in [3.8, 4) is 0 Å². The van der Waals surface area contributed by atoms with E-state index in [-0.39, 0.29) is 12.8 Å². The van der Waals surface area contributed by atoms with Gasteiger partial charge in [0.15, 0.2) is 0 Å². The van der Waals surface area contributed by atoms with Crippen molar-refractivity contribution in [3.05, 3.63) is 18.2 Å². The van der Waals surface area contributed by atoms with Gasteiger partial charge in [-0.15, -0.1) is 0 Å².